The number of hydrogen-bond acceptors (Lipinski definition) is 5. The highest BCUT2D eigenvalue weighted by molar-refractivity contribution is 7.21. The summed E-state index contributed by atoms with van der Waals surface area (Å²) in [5.74, 6) is 1.24. The van der Waals surface area contributed by atoms with Crippen molar-refractivity contribution >= 4 is 38.8 Å². The zero-order chi connectivity index (χ0) is 19.0. The summed E-state index contributed by atoms with van der Waals surface area (Å²) >= 11 is 1.36. The van der Waals surface area contributed by atoms with Crippen LogP contribution in [0.4, 0.5) is 11.4 Å². The SMILES string of the molecule is CCOc1ccc(NC(=O)c2sc3nc4c(cc3c2N)CC(C)CC4)cc1. The van der Waals surface area contributed by atoms with Crippen molar-refractivity contribution in [1.29, 1.82) is 0 Å². The van der Waals surface area contributed by atoms with Gasteiger partial charge in [0.25, 0.3) is 5.91 Å². The van der Waals surface area contributed by atoms with Crippen molar-refractivity contribution in [3.05, 3.63) is 46.5 Å². The molecule has 0 bridgehead atoms. The number of nitrogens with zero attached hydrogens (tertiary/aromatic N) is 1. The fourth-order valence-electron chi connectivity index (χ4n) is 3.53. The summed E-state index contributed by atoms with van der Waals surface area (Å²) < 4.78 is 5.43. The second-order valence-electron chi connectivity index (χ2n) is 7.05. The number of carbonyl (C=O) groups is 1. The first kappa shape index (κ1) is 17.8. The van der Waals surface area contributed by atoms with Crippen LogP contribution < -0.4 is 15.8 Å². The number of nitrogens with two attached hydrogens (primary N) is 1. The van der Waals surface area contributed by atoms with Crippen molar-refractivity contribution < 1.29 is 9.53 Å². The molecule has 1 unspecified atom stereocenters. The Morgan fingerprint density at radius 1 is 1.37 bits per heavy atom. The zero-order valence-electron chi connectivity index (χ0n) is 15.5. The maximum atomic E-state index is 12.7. The molecule has 1 amide bonds. The number of carbonyl (C=O) groups excluding carboxylic acids is 1. The minimum Gasteiger partial charge on any atom is -0.494 e. The van der Waals surface area contributed by atoms with Gasteiger partial charge in [-0.05, 0) is 68.0 Å². The minimum absolute atomic E-state index is 0.203. The van der Waals surface area contributed by atoms with Gasteiger partial charge in [-0.3, -0.25) is 4.79 Å². The molecular weight excluding hydrogens is 358 g/mol. The molecule has 0 radical (unpaired) electrons. The Morgan fingerprint density at radius 2 is 2.15 bits per heavy atom. The molecule has 0 spiro atoms. The molecule has 27 heavy (non-hydrogen) atoms. The molecule has 0 saturated heterocycles. The Kier molecular flexibility index (Phi) is 4.74. The minimum atomic E-state index is -0.203. The summed E-state index contributed by atoms with van der Waals surface area (Å²) in [5, 5.41) is 3.81. The van der Waals surface area contributed by atoms with Crippen LogP contribution in [-0.2, 0) is 12.8 Å². The molecule has 0 fully saturated rings. The van der Waals surface area contributed by atoms with Crippen LogP contribution in [0.15, 0.2) is 30.3 Å². The first-order valence-electron chi connectivity index (χ1n) is 9.30. The van der Waals surface area contributed by atoms with Crippen molar-refractivity contribution in [2.45, 2.75) is 33.1 Å². The van der Waals surface area contributed by atoms with Gasteiger partial charge >= 0.3 is 0 Å². The monoisotopic (exact) mass is 381 g/mol. The van der Waals surface area contributed by atoms with Crippen LogP contribution in [0.25, 0.3) is 10.2 Å². The fourth-order valence-corrected chi connectivity index (χ4v) is 4.52. The third-order valence-electron chi connectivity index (χ3n) is 4.96. The zero-order valence-corrected chi connectivity index (χ0v) is 16.4. The molecular formula is C21H23N3O2S. The first-order valence-corrected chi connectivity index (χ1v) is 10.1. The number of hydrogen-bond donors (Lipinski definition) is 2. The molecule has 1 aromatic carbocycles. The molecule has 140 valence electrons. The lowest BCUT2D eigenvalue weighted by molar-refractivity contribution is 0.103. The quantitative estimate of drug-likeness (QED) is 0.689. The van der Waals surface area contributed by atoms with Crippen LogP contribution in [-0.4, -0.2) is 17.5 Å². The van der Waals surface area contributed by atoms with Crippen molar-refractivity contribution in [1.82, 2.24) is 4.98 Å². The first-order chi connectivity index (χ1) is 13.0. The molecule has 2 heterocycles. The molecule has 6 heteroatoms. The third-order valence-corrected chi connectivity index (χ3v) is 6.08. The number of pyridine rings is 1. The lowest BCUT2D eigenvalue weighted by Crippen LogP contribution is -2.12. The van der Waals surface area contributed by atoms with E-state index in [2.05, 4.69) is 18.3 Å². The van der Waals surface area contributed by atoms with E-state index in [1.807, 2.05) is 31.2 Å². The Balaban J connectivity index is 1.61. The summed E-state index contributed by atoms with van der Waals surface area (Å²) in [6.45, 7) is 4.81. The maximum absolute atomic E-state index is 12.7. The van der Waals surface area contributed by atoms with Crippen molar-refractivity contribution in [2.24, 2.45) is 5.92 Å². The molecule has 1 aliphatic carbocycles. The topological polar surface area (TPSA) is 77.2 Å². The number of amides is 1. The van der Waals surface area contributed by atoms with Crippen LogP contribution in [0.2, 0.25) is 0 Å². The highest BCUT2D eigenvalue weighted by atomic mass is 32.1. The summed E-state index contributed by atoms with van der Waals surface area (Å²) in [7, 11) is 0. The Morgan fingerprint density at radius 3 is 2.89 bits per heavy atom. The fraction of sp³-hybridized carbons (Fsp3) is 0.333. The molecule has 1 atom stereocenters. The lowest BCUT2D eigenvalue weighted by Gasteiger charge is -2.20. The number of benzene rings is 1. The van der Waals surface area contributed by atoms with Crippen molar-refractivity contribution in [3.63, 3.8) is 0 Å². The Hall–Kier alpha value is -2.60. The predicted molar refractivity (Wildman–Crippen MR) is 111 cm³/mol. The van der Waals surface area contributed by atoms with Gasteiger partial charge in [-0.2, -0.15) is 0 Å². The molecule has 4 rings (SSSR count). The number of thiophene rings is 1. The van der Waals surface area contributed by atoms with Gasteiger partial charge in [0.05, 0.1) is 12.3 Å². The van der Waals surface area contributed by atoms with Gasteiger partial charge < -0.3 is 15.8 Å². The summed E-state index contributed by atoms with van der Waals surface area (Å²) in [6, 6.07) is 9.46. The molecule has 2 aromatic heterocycles. The number of nitrogens with one attached hydrogen (secondary N) is 1. The molecule has 3 N–H and O–H groups in total. The van der Waals surface area contributed by atoms with Gasteiger partial charge in [-0.15, -0.1) is 11.3 Å². The van der Waals surface area contributed by atoms with Crippen LogP contribution in [0.1, 0.15) is 41.2 Å². The van der Waals surface area contributed by atoms with E-state index in [0.717, 1.165) is 40.9 Å². The van der Waals surface area contributed by atoms with Gasteiger partial charge in [-0.25, -0.2) is 4.98 Å². The summed E-state index contributed by atoms with van der Waals surface area (Å²) in [5.41, 5.74) is 9.97. The van der Waals surface area contributed by atoms with Crippen LogP contribution >= 0.6 is 11.3 Å². The van der Waals surface area contributed by atoms with E-state index in [9.17, 15) is 4.79 Å². The van der Waals surface area contributed by atoms with E-state index >= 15 is 0 Å². The average Bonchev–Trinajstić information content (AvgIpc) is 2.98. The molecule has 5 nitrogen and oxygen atoms in total. The second-order valence-corrected chi connectivity index (χ2v) is 8.05. The van der Waals surface area contributed by atoms with Crippen LogP contribution in [0, 0.1) is 5.92 Å². The molecule has 0 aliphatic heterocycles. The lowest BCUT2D eigenvalue weighted by atomic mass is 9.87. The van der Waals surface area contributed by atoms with Gasteiger partial charge in [0, 0.05) is 16.8 Å². The van der Waals surface area contributed by atoms with E-state index in [1.54, 1.807) is 0 Å². The normalized spacial score (nSPS) is 16.1. The van der Waals surface area contributed by atoms with Crippen molar-refractivity contribution in [3.8, 4) is 5.75 Å². The Bertz CT molecular complexity index is 995. The van der Waals surface area contributed by atoms with Gasteiger partial charge in [-0.1, -0.05) is 6.92 Å². The third kappa shape index (κ3) is 3.49. The standard InChI is InChI=1S/C21H23N3O2S/c1-3-26-15-7-5-14(6-8-15)23-20(25)19-18(22)16-11-13-10-12(2)4-9-17(13)24-21(16)27-19/h5-8,11-12H,3-4,9-10,22H2,1-2H3,(H,23,25). The number of nitrogen functional groups attached to an aromatic ring is 1. The van der Waals surface area contributed by atoms with E-state index in [0.29, 0.717) is 28.8 Å². The predicted octanol–water partition coefficient (Wildman–Crippen LogP) is 4.65. The number of aryl methyl sites for hydroxylation is 1. The summed E-state index contributed by atoms with van der Waals surface area (Å²) in [4.78, 5) is 18.9. The Labute approximate surface area is 162 Å². The van der Waals surface area contributed by atoms with E-state index in [1.165, 1.54) is 16.9 Å². The van der Waals surface area contributed by atoms with Gasteiger partial charge in [0.15, 0.2) is 0 Å². The number of ether oxygens (including phenoxy) is 1. The van der Waals surface area contributed by atoms with E-state index < -0.39 is 0 Å². The van der Waals surface area contributed by atoms with Crippen molar-refractivity contribution in [2.75, 3.05) is 17.7 Å². The smallest absolute Gasteiger partial charge is 0.267 e. The highest BCUT2D eigenvalue weighted by Gasteiger charge is 2.22. The van der Waals surface area contributed by atoms with E-state index in [4.69, 9.17) is 15.5 Å². The highest BCUT2D eigenvalue weighted by Crippen LogP contribution is 2.36. The van der Waals surface area contributed by atoms with Gasteiger partial charge in [0.1, 0.15) is 15.5 Å². The van der Waals surface area contributed by atoms with E-state index in [-0.39, 0.29) is 5.91 Å². The molecule has 0 saturated carbocycles. The average molecular weight is 382 g/mol. The number of rotatable bonds is 4. The van der Waals surface area contributed by atoms with Gasteiger partial charge in [0.2, 0.25) is 0 Å². The number of fused-ring (bicyclic) bond motifs is 2. The second kappa shape index (κ2) is 7.19. The van der Waals surface area contributed by atoms with Crippen LogP contribution in [0.3, 0.4) is 0 Å². The number of aromatic nitrogens is 1. The maximum Gasteiger partial charge on any atom is 0.267 e. The largest absolute Gasteiger partial charge is 0.494 e. The number of anilines is 2. The summed E-state index contributed by atoms with van der Waals surface area (Å²) in [6.07, 6.45) is 3.19. The molecule has 3 aromatic rings. The van der Waals surface area contributed by atoms with Crippen LogP contribution in [0.5, 0.6) is 5.75 Å². The molecule has 1 aliphatic rings.